The highest BCUT2D eigenvalue weighted by molar-refractivity contribution is 7.91. The van der Waals surface area contributed by atoms with Crippen LogP contribution < -0.4 is 10.1 Å². The van der Waals surface area contributed by atoms with Crippen LogP contribution in [0.3, 0.4) is 0 Å². The maximum atomic E-state index is 13.2. The first-order valence-corrected chi connectivity index (χ1v) is 12.1. The summed E-state index contributed by atoms with van der Waals surface area (Å²) in [6, 6.07) is 5.47. The quantitative estimate of drug-likeness (QED) is 0.625. The van der Waals surface area contributed by atoms with Crippen molar-refractivity contribution in [3.8, 4) is 5.75 Å². The van der Waals surface area contributed by atoms with Crippen molar-refractivity contribution in [2.75, 3.05) is 25.2 Å². The zero-order valence-electron chi connectivity index (χ0n) is 18.3. The van der Waals surface area contributed by atoms with Crippen LogP contribution in [0.2, 0.25) is 0 Å². The number of urea groups is 1. The molecule has 10 heteroatoms. The van der Waals surface area contributed by atoms with E-state index in [0.29, 0.717) is 24.2 Å². The minimum atomic E-state index is -3.19. The lowest BCUT2D eigenvalue weighted by molar-refractivity contribution is -0.141. The minimum absolute atomic E-state index is 0.0382. The van der Waals surface area contributed by atoms with Gasteiger partial charge >= 0.3 is 6.03 Å². The lowest BCUT2D eigenvalue weighted by Gasteiger charge is -2.34. The summed E-state index contributed by atoms with van der Waals surface area (Å²) in [4.78, 5) is 41.4. The topological polar surface area (TPSA) is 113 Å². The number of rotatable bonds is 7. The van der Waals surface area contributed by atoms with E-state index in [9.17, 15) is 22.8 Å². The number of amides is 4. The van der Waals surface area contributed by atoms with Crippen molar-refractivity contribution >= 4 is 27.7 Å². The lowest BCUT2D eigenvalue weighted by Crippen LogP contribution is -2.51. The molecule has 9 nitrogen and oxygen atoms in total. The zero-order chi connectivity index (χ0) is 23.0. The van der Waals surface area contributed by atoms with Gasteiger partial charge in [-0.05, 0) is 44.4 Å². The average molecular weight is 452 g/mol. The number of sulfone groups is 1. The second kappa shape index (κ2) is 8.49. The van der Waals surface area contributed by atoms with Crippen LogP contribution in [0.4, 0.5) is 4.79 Å². The number of benzene rings is 1. The molecule has 0 saturated carbocycles. The van der Waals surface area contributed by atoms with Gasteiger partial charge < -0.3 is 15.0 Å². The van der Waals surface area contributed by atoms with E-state index in [1.807, 2.05) is 13.8 Å². The molecule has 2 heterocycles. The Morgan fingerprint density at radius 1 is 1.32 bits per heavy atom. The number of imide groups is 1. The first-order chi connectivity index (χ1) is 14.5. The van der Waals surface area contributed by atoms with E-state index < -0.39 is 45.8 Å². The largest absolute Gasteiger partial charge is 0.497 e. The number of methoxy groups -OCH3 is 1. The van der Waals surface area contributed by atoms with Crippen molar-refractivity contribution in [2.45, 2.75) is 51.2 Å². The van der Waals surface area contributed by atoms with E-state index in [4.69, 9.17) is 4.74 Å². The first kappa shape index (κ1) is 23.1. The Balaban J connectivity index is 1.81. The second-order valence-corrected chi connectivity index (χ2v) is 10.5. The molecule has 170 valence electrons. The van der Waals surface area contributed by atoms with Gasteiger partial charge in [0.25, 0.3) is 5.91 Å². The zero-order valence-corrected chi connectivity index (χ0v) is 19.1. The number of nitrogens with one attached hydrogen (secondary N) is 1. The molecule has 0 spiro atoms. The summed E-state index contributed by atoms with van der Waals surface area (Å²) >= 11 is 0. The highest BCUT2D eigenvalue weighted by Gasteiger charge is 2.50. The summed E-state index contributed by atoms with van der Waals surface area (Å²) < 4.78 is 29.0. The van der Waals surface area contributed by atoms with Gasteiger partial charge in [-0.1, -0.05) is 19.1 Å². The first-order valence-electron chi connectivity index (χ1n) is 10.3. The summed E-state index contributed by atoms with van der Waals surface area (Å²) in [5.41, 5.74) is -0.732. The van der Waals surface area contributed by atoms with Crippen LogP contribution >= 0.6 is 0 Å². The molecule has 2 aliphatic rings. The van der Waals surface area contributed by atoms with Crippen LogP contribution in [0.1, 0.15) is 39.2 Å². The predicted octanol–water partition coefficient (Wildman–Crippen LogP) is 1.28. The fourth-order valence-electron chi connectivity index (χ4n) is 4.18. The minimum Gasteiger partial charge on any atom is -0.497 e. The van der Waals surface area contributed by atoms with Crippen LogP contribution in [-0.4, -0.2) is 73.3 Å². The second-order valence-electron chi connectivity index (χ2n) is 8.29. The number of hydrogen-bond donors (Lipinski definition) is 1. The Hall–Kier alpha value is -2.62. The number of ether oxygens (including phenoxy) is 1. The maximum absolute atomic E-state index is 13.2. The fraction of sp³-hybridized carbons (Fsp3) is 0.571. The van der Waals surface area contributed by atoms with Gasteiger partial charge in [-0.2, -0.15) is 0 Å². The predicted molar refractivity (Wildman–Crippen MR) is 114 cm³/mol. The van der Waals surface area contributed by atoms with Crippen molar-refractivity contribution in [2.24, 2.45) is 0 Å². The summed E-state index contributed by atoms with van der Waals surface area (Å²) in [5, 5.41) is 2.68. The molecule has 3 atom stereocenters. The lowest BCUT2D eigenvalue weighted by atomic mass is 9.92. The summed E-state index contributed by atoms with van der Waals surface area (Å²) in [6.45, 7) is 4.91. The van der Waals surface area contributed by atoms with Gasteiger partial charge in [0.05, 0.1) is 18.6 Å². The van der Waals surface area contributed by atoms with Crippen molar-refractivity contribution in [3.63, 3.8) is 0 Å². The molecule has 0 radical (unpaired) electrons. The van der Waals surface area contributed by atoms with Gasteiger partial charge in [-0.15, -0.1) is 0 Å². The molecular formula is C21H29N3O6S. The molecule has 1 N–H and O–H groups in total. The molecular weight excluding hydrogens is 422 g/mol. The van der Waals surface area contributed by atoms with Crippen LogP contribution in [-0.2, 0) is 25.0 Å². The molecule has 0 bridgehead atoms. The van der Waals surface area contributed by atoms with Crippen LogP contribution in [0.25, 0.3) is 0 Å². The Kier molecular flexibility index (Phi) is 6.31. The molecule has 3 rings (SSSR count). The monoisotopic (exact) mass is 451 g/mol. The maximum Gasteiger partial charge on any atom is 0.325 e. The SMILES string of the molecule is CC[C@H](C)N(C(=O)CN1C(=O)N[C@@](C)(c2ccc(OC)cc2)C1=O)[C@@H]1CCS(=O)(=O)C1. The molecule has 0 aromatic heterocycles. The Morgan fingerprint density at radius 3 is 2.48 bits per heavy atom. The molecule has 2 fully saturated rings. The van der Waals surface area contributed by atoms with E-state index in [1.54, 1.807) is 31.2 Å². The van der Waals surface area contributed by atoms with E-state index in [2.05, 4.69) is 5.32 Å². The Bertz CT molecular complexity index is 977. The van der Waals surface area contributed by atoms with Crippen molar-refractivity contribution in [1.82, 2.24) is 15.1 Å². The van der Waals surface area contributed by atoms with Crippen molar-refractivity contribution in [1.29, 1.82) is 0 Å². The molecule has 2 saturated heterocycles. The number of carbonyl (C=O) groups excluding carboxylic acids is 3. The molecule has 0 unspecified atom stereocenters. The molecule has 2 aliphatic heterocycles. The van der Waals surface area contributed by atoms with Crippen molar-refractivity contribution < 1.29 is 27.5 Å². The van der Waals surface area contributed by atoms with Gasteiger partial charge in [0, 0.05) is 12.1 Å². The third kappa shape index (κ3) is 4.39. The number of hydrogen-bond acceptors (Lipinski definition) is 6. The molecule has 1 aromatic rings. The van der Waals surface area contributed by atoms with E-state index in [0.717, 1.165) is 4.90 Å². The van der Waals surface area contributed by atoms with Crippen LogP contribution in [0.5, 0.6) is 5.75 Å². The molecule has 4 amide bonds. The average Bonchev–Trinajstić information content (AvgIpc) is 3.19. The number of nitrogens with zero attached hydrogens (tertiary/aromatic N) is 2. The summed E-state index contributed by atoms with van der Waals surface area (Å²) in [6.07, 6.45) is 0.994. The number of carbonyl (C=O) groups is 3. The van der Waals surface area contributed by atoms with Gasteiger partial charge in [0.15, 0.2) is 9.84 Å². The highest BCUT2D eigenvalue weighted by atomic mass is 32.2. The van der Waals surface area contributed by atoms with Gasteiger partial charge in [0.1, 0.15) is 17.8 Å². The van der Waals surface area contributed by atoms with E-state index in [-0.39, 0.29) is 17.5 Å². The van der Waals surface area contributed by atoms with Crippen LogP contribution in [0, 0.1) is 0 Å². The Labute approximate surface area is 182 Å². The standard InChI is InChI=1S/C21H29N3O6S/c1-5-14(2)24(16-10-11-31(28,29)13-16)18(25)12-23-19(26)21(3,22-20(23)27)15-6-8-17(30-4)9-7-15/h6-9,14,16H,5,10-13H2,1-4H3,(H,22,27)/t14-,16+,21-/m0/s1. The Morgan fingerprint density at radius 2 is 1.97 bits per heavy atom. The third-order valence-corrected chi connectivity index (χ3v) is 7.94. The van der Waals surface area contributed by atoms with Gasteiger partial charge in [0.2, 0.25) is 5.91 Å². The summed E-state index contributed by atoms with van der Waals surface area (Å²) in [7, 11) is -1.66. The fourth-order valence-corrected chi connectivity index (χ4v) is 5.89. The van der Waals surface area contributed by atoms with Crippen LogP contribution in [0.15, 0.2) is 24.3 Å². The molecule has 31 heavy (non-hydrogen) atoms. The van der Waals surface area contributed by atoms with Crippen molar-refractivity contribution in [3.05, 3.63) is 29.8 Å². The smallest absolute Gasteiger partial charge is 0.325 e. The third-order valence-electron chi connectivity index (χ3n) is 6.19. The van der Waals surface area contributed by atoms with Gasteiger partial charge in [-0.25, -0.2) is 13.2 Å². The molecule has 0 aliphatic carbocycles. The molecule has 1 aromatic carbocycles. The highest BCUT2D eigenvalue weighted by Crippen LogP contribution is 2.30. The van der Waals surface area contributed by atoms with E-state index in [1.165, 1.54) is 12.0 Å². The normalized spacial score (nSPS) is 25.9. The van der Waals surface area contributed by atoms with E-state index >= 15 is 0 Å². The van der Waals surface area contributed by atoms with Gasteiger partial charge in [-0.3, -0.25) is 14.5 Å². The summed E-state index contributed by atoms with van der Waals surface area (Å²) in [5.74, 6) is -0.395.